The first kappa shape index (κ1) is 12.5. The highest BCUT2D eigenvalue weighted by Crippen LogP contribution is 2.14. The summed E-state index contributed by atoms with van der Waals surface area (Å²) in [4.78, 5) is 0. The molecule has 0 aliphatic heterocycles. The van der Waals surface area contributed by atoms with E-state index in [0.29, 0.717) is 0 Å². The molecule has 1 nitrogen and oxygen atoms in total. The Morgan fingerprint density at radius 3 is 2.87 bits per heavy atom. The normalized spacial score (nSPS) is 12.7. The lowest BCUT2D eigenvalue weighted by molar-refractivity contribution is 0.489. The van der Waals surface area contributed by atoms with E-state index >= 15 is 0 Å². The maximum absolute atomic E-state index is 5.93. The standard InChI is InChI=1S/C13H20ClN/c1-3-15-10-11(2)7-8-12-5-4-6-13(14)9-12/h4-6,9,11,15H,3,7-8,10H2,1-2H3. The topological polar surface area (TPSA) is 12.0 Å². The minimum atomic E-state index is 0.726. The summed E-state index contributed by atoms with van der Waals surface area (Å²) in [6.07, 6.45) is 2.33. The van der Waals surface area contributed by atoms with Gasteiger partial charge in [-0.15, -0.1) is 0 Å². The molecule has 1 N–H and O–H groups in total. The van der Waals surface area contributed by atoms with Gasteiger partial charge in [-0.1, -0.05) is 37.6 Å². The molecule has 1 rings (SSSR count). The van der Waals surface area contributed by atoms with Crippen molar-refractivity contribution in [2.45, 2.75) is 26.7 Å². The van der Waals surface area contributed by atoms with E-state index in [1.54, 1.807) is 0 Å². The summed E-state index contributed by atoms with van der Waals surface area (Å²) >= 11 is 5.93. The first-order chi connectivity index (χ1) is 7.22. The molecule has 0 aliphatic carbocycles. The molecule has 15 heavy (non-hydrogen) atoms. The minimum absolute atomic E-state index is 0.726. The van der Waals surface area contributed by atoms with Crippen LogP contribution in [0.4, 0.5) is 0 Å². The largest absolute Gasteiger partial charge is 0.317 e. The van der Waals surface area contributed by atoms with E-state index < -0.39 is 0 Å². The Hall–Kier alpha value is -0.530. The predicted molar refractivity (Wildman–Crippen MR) is 67.5 cm³/mol. The van der Waals surface area contributed by atoms with Gasteiger partial charge in [-0.2, -0.15) is 0 Å². The molecule has 0 bridgehead atoms. The second-order valence-electron chi connectivity index (χ2n) is 4.08. The molecule has 84 valence electrons. The molecule has 0 saturated heterocycles. The van der Waals surface area contributed by atoms with Crippen molar-refractivity contribution in [3.63, 3.8) is 0 Å². The van der Waals surface area contributed by atoms with Gasteiger partial charge in [0.15, 0.2) is 0 Å². The van der Waals surface area contributed by atoms with Crippen LogP contribution in [0.25, 0.3) is 0 Å². The zero-order chi connectivity index (χ0) is 11.1. The number of rotatable bonds is 6. The third-order valence-corrected chi connectivity index (χ3v) is 2.79. The van der Waals surface area contributed by atoms with Crippen LogP contribution < -0.4 is 5.32 Å². The molecule has 0 radical (unpaired) electrons. The number of halogens is 1. The molecule has 0 amide bonds. The zero-order valence-corrected chi connectivity index (χ0v) is 10.3. The van der Waals surface area contributed by atoms with Crippen LogP contribution in [0.1, 0.15) is 25.8 Å². The molecule has 2 heteroatoms. The van der Waals surface area contributed by atoms with Crippen molar-refractivity contribution >= 4 is 11.6 Å². The lowest BCUT2D eigenvalue weighted by Crippen LogP contribution is -2.20. The van der Waals surface area contributed by atoms with E-state index in [1.165, 1.54) is 12.0 Å². The third-order valence-electron chi connectivity index (χ3n) is 2.56. The Morgan fingerprint density at radius 1 is 1.40 bits per heavy atom. The van der Waals surface area contributed by atoms with Gasteiger partial charge >= 0.3 is 0 Å². The fourth-order valence-corrected chi connectivity index (χ4v) is 1.81. The van der Waals surface area contributed by atoms with E-state index in [9.17, 15) is 0 Å². The van der Waals surface area contributed by atoms with Crippen molar-refractivity contribution in [1.82, 2.24) is 5.32 Å². The summed E-state index contributed by atoms with van der Waals surface area (Å²) in [5.74, 6) is 0.726. The first-order valence-electron chi connectivity index (χ1n) is 5.67. The fourth-order valence-electron chi connectivity index (χ4n) is 1.60. The molecule has 0 aromatic heterocycles. The fraction of sp³-hybridized carbons (Fsp3) is 0.538. The average molecular weight is 226 g/mol. The Kier molecular flexibility index (Phi) is 5.74. The van der Waals surface area contributed by atoms with Crippen LogP contribution in [0, 0.1) is 5.92 Å². The Bertz CT molecular complexity index is 286. The highest BCUT2D eigenvalue weighted by molar-refractivity contribution is 6.30. The Labute approximate surface area is 97.8 Å². The van der Waals surface area contributed by atoms with E-state index in [1.807, 2.05) is 12.1 Å². The lowest BCUT2D eigenvalue weighted by Gasteiger charge is -2.11. The van der Waals surface area contributed by atoms with Gasteiger partial charge in [0.25, 0.3) is 0 Å². The summed E-state index contributed by atoms with van der Waals surface area (Å²) in [7, 11) is 0. The highest BCUT2D eigenvalue weighted by Gasteiger charge is 2.02. The summed E-state index contributed by atoms with van der Waals surface area (Å²) in [6, 6.07) is 8.15. The van der Waals surface area contributed by atoms with Crippen LogP contribution in [-0.4, -0.2) is 13.1 Å². The Morgan fingerprint density at radius 2 is 2.20 bits per heavy atom. The maximum atomic E-state index is 5.93. The number of aryl methyl sites for hydroxylation is 1. The molecule has 1 atom stereocenters. The molecule has 1 unspecified atom stereocenters. The van der Waals surface area contributed by atoms with Gasteiger partial charge in [0.2, 0.25) is 0 Å². The number of nitrogens with one attached hydrogen (secondary N) is 1. The molecule has 1 aromatic rings. The summed E-state index contributed by atoms with van der Waals surface area (Å²) < 4.78 is 0. The number of hydrogen-bond acceptors (Lipinski definition) is 1. The molecular weight excluding hydrogens is 206 g/mol. The second-order valence-corrected chi connectivity index (χ2v) is 4.52. The van der Waals surface area contributed by atoms with E-state index in [0.717, 1.165) is 30.5 Å². The van der Waals surface area contributed by atoms with Gasteiger partial charge in [0, 0.05) is 5.02 Å². The predicted octanol–water partition coefficient (Wildman–Crippen LogP) is 3.52. The van der Waals surface area contributed by atoms with Crippen molar-refractivity contribution < 1.29 is 0 Å². The maximum Gasteiger partial charge on any atom is 0.0408 e. The molecule has 0 heterocycles. The quantitative estimate of drug-likeness (QED) is 0.781. The summed E-state index contributed by atoms with van der Waals surface area (Å²) in [5, 5.41) is 4.21. The first-order valence-corrected chi connectivity index (χ1v) is 6.05. The lowest BCUT2D eigenvalue weighted by atomic mass is 10.0. The van der Waals surface area contributed by atoms with Crippen molar-refractivity contribution in [2.24, 2.45) is 5.92 Å². The average Bonchev–Trinajstić information content (AvgIpc) is 2.23. The van der Waals surface area contributed by atoms with Crippen LogP contribution in [0.15, 0.2) is 24.3 Å². The molecule has 1 aromatic carbocycles. The van der Waals surface area contributed by atoms with E-state index in [2.05, 4.69) is 31.3 Å². The third kappa shape index (κ3) is 5.19. The molecule has 0 fully saturated rings. The second kappa shape index (κ2) is 6.86. The molecule has 0 saturated carbocycles. The monoisotopic (exact) mass is 225 g/mol. The minimum Gasteiger partial charge on any atom is -0.317 e. The molecular formula is C13H20ClN. The van der Waals surface area contributed by atoms with Gasteiger partial charge in [0.1, 0.15) is 0 Å². The summed E-state index contributed by atoms with van der Waals surface area (Å²) in [5.41, 5.74) is 1.34. The van der Waals surface area contributed by atoms with Gasteiger partial charge in [-0.25, -0.2) is 0 Å². The number of hydrogen-bond donors (Lipinski definition) is 1. The smallest absolute Gasteiger partial charge is 0.0408 e. The van der Waals surface area contributed by atoms with Crippen molar-refractivity contribution in [1.29, 1.82) is 0 Å². The van der Waals surface area contributed by atoms with Gasteiger partial charge < -0.3 is 5.32 Å². The van der Waals surface area contributed by atoms with Crippen LogP contribution in [0.3, 0.4) is 0 Å². The van der Waals surface area contributed by atoms with Gasteiger partial charge in [0.05, 0.1) is 0 Å². The van der Waals surface area contributed by atoms with E-state index in [4.69, 9.17) is 11.6 Å². The number of benzene rings is 1. The van der Waals surface area contributed by atoms with Crippen LogP contribution in [-0.2, 0) is 6.42 Å². The van der Waals surface area contributed by atoms with Crippen LogP contribution >= 0.6 is 11.6 Å². The molecule has 0 aliphatic rings. The van der Waals surface area contributed by atoms with E-state index in [-0.39, 0.29) is 0 Å². The van der Waals surface area contributed by atoms with Gasteiger partial charge in [-0.3, -0.25) is 0 Å². The van der Waals surface area contributed by atoms with Crippen LogP contribution in [0.2, 0.25) is 5.02 Å². The Balaban J connectivity index is 2.30. The van der Waals surface area contributed by atoms with Crippen molar-refractivity contribution in [2.75, 3.05) is 13.1 Å². The van der Waals surface area contributed by atoms with Gasteiger partial charge in [-0.05, 0) is 49.5 Å². The highest BCUT2D eigenvalue weighted by atomic mass is 35.5. The SMILES string of the molecule is CCNCC(C)CCc1cccc(Cl)c1. The van der Waals surface area contributed by atoms with Crippen molar-refractivity contribution in [3.05, 3.63) is 34.9 Å². The molecule has 0 spiro atoms. The zero-order valence-electron chi connectivity index (χ0n) is 9.59. The van der Waals surface area contributed by atoms with Crippen molar-refractivity contribution in [3.8, 4) is 0 Å². The summed E-state index contributed by atoms with van der Waals surface area (Å²) in [6.45, 7) is 6.59. The van der Waals surface area contributed by atoms with Crippen LogP contribution in [0.5, 0.6) is 0 Å².